The maximum Gasteiger partial charge on any atom is 0.408 e. The number of hydrogen-bond donors (Lipinski definition) is 3. The Morgan fingerprint density at radius 1 is 1.18 bits per heavy atom. The molecule has 0 saturated heterocycles. The van der Waals surface area contributed by atoms with E-state index in [1.54, 1.807) is 39.0 Å². The summed E-state index contributed by atoms with van der Waals surface area (Å²) >= 11 is 0. The fraction of sp³-hybridized carbons (Fsp3) is 0.476. The Hall–Kier alpha value is -2.83. The first-order chi connectivity index (χ1) is 13.1. The quantitative estimate of drug-likeness (QED) is 0.626. The number of carbonyl (C=O) groups is 3. The normalized spacial score (nSPS) is 14.2. The molecule has 0 bridgehead atoms. The van der Waals surface area contributed by atoms with Crippen LogP contribution in [0.15, 0.2) is 35.9 Å². The van der Waals surface area contributed by atoms with Gasteiger partial charge in [-0.05, 0) is 64.2 Å². The van der Waals surface area contributed by atoms with Crippen LogP contribution < -0.4 is 16.0 Å². The number of anilines is 1. The molecule has 0 aliphatic heterocycles. The second-order valence-electron chi connectivity index (χ2n) is 7.98. The first-order valence-corrected chi connectivity index (χ1v) is 9.44. The van der Waals surface area contributed by atoms with E-state index in [4.69, 9.17) is 4.74 Å². The van der Waals surface area contributed by atoms with Gasteiger partial charge in [0.1, 0.15) is 12.1 Å². The van der Waals surface area contributed by atoms with Crippen molar-refractivity contribution in [3.63, 3.8) is 0 Å². The van der Waals surface area contributed by atoms with Gasteiger partial charge in [0.15, 0.2) is 0 Å². The number of allylic oxidation sites excluding steroid dienone is 1. The van der Waals surface area contributed by atoms with E-state index in [9.17, 15) is 14.4 Å². The molecule has 1 saturated carbocycles. The third-order valence-electron chi connectivity index (χ3n) is 4.06. The Morgan fingerprint density at radius 3 is 2.54 bits per heavy atom. The average molecular weight is 387 g/mol. The van der Waals surface area contributed by atoms with Gasteiger partial charge in [-0.25, -0.2) is 4.79 Å². The lowest BCUT2D eigenvalue weighted by molar-refractivity contribution is -0.120. The van der Waals surface area contributed by atoms with E-state index in [0.717, 1.165) is 24.0 Å². The molecule has 0 spiro atoms. The lowest BCUT2D eigenvalue weighted by Crippen LogP contribution is -2.39. The van der Waals surface area contributed by atoms with Gasteiger partial charge < -0.3 is 20.7 Å². The summed E-state index contributed by atoms with van der Waals surface area (Å²) in [7, 11) is 0. The molecule has 7 heteroatoms. The summed E-state index contributed by atoms with van der Waals surface area (Å²) in [5.41, 5.74) is 2.01. The molecule has 152 valence electrons. The van der Waals surface area contributed by atoms with Crippen molar-refractivity contribution in [2.24, 2.45) is 5.92 Å². The van der Waals surface area contributed by atoms with Gasteiger partial charge in [0, 0.05) is 18.3 Å². The van der Waals surface area contributed by atoms with Crippen LogP contribution >= 0.6 is 0 Å². The molecule has 0 radical (unpaired) electrons. The standard InChI is InChI=1S/C21H29N3O4/c1-14(16-8-9-16)10-18(25)24-17-7-5-6-15(11-17)12-22-19(26)13-23-20(27)28-21(2,3)4/h5-7,10-11,16H,8-9,12-13H2,1-4H3,(H,22,26)(H,23,27)(H,24,25)/b14-10+. The molecular weight excluding hydrogens is 358 g/mol. The Kier molecular flexibility index (Phi) is 7.20. The third kappa shape index (κ3) is 8.24. The Labute approximate surface area is 165 Å². The molecule has 0 atom stereocenters. The van der Waals surface area contributed by atoms with Crippen molar-refractivity contribution in [2.75, 3.05) is 11.9 Å². The zero-order chi connectivity index (χ0) is 20.7. The summed E-state index contributed by atoms with van der Waals surface area (Å²) in [6.45, 7) is 7.35. The summed E-state index contributed by atoms with van der Waals surface area (Å²) < 4.78 is 5.07. The van der Waals surface area contributed by atoms with Crippen LogP contribution in [-0.2, 0) is 20.9 Å². The highest BCUT2D eigenvalue weighted by molar-refractivity contribution is 5.99. The topological polar surface area (TPSA) is 96.5 Å². The Bertz CT molecular complexity index is 761. The van der Waals surface area contributed by atoms with E-state index in [2.05, 4.69) is 16.0 Å². The average Bonchev–Trinajstić information content (AvgIpc) is 3.42. The molecule has 1 aliphatic rings. The van der Waals surface area contributed by atoms with Gasteiger partial charge in [-0.1, -0.05) is 17.7 Å². The van der Waals surface area contributed by atoms with Gasteiger partial charge in [-0.15, -0.1) is 0 Å². The molecule has 1 aromatic rings. The maximum absolute atomic E-state index is 12.1. The molecular formula is C21H29N3O4. The number of rotatable bonds is 7. The summed E-state index contributed by atoms with van der Waals surface area (Å²) in [6.07, 6.45) is 3.33. The number of amides is 3. The molecule has 28 heavy (non-hydrogen) atoms. The van der Waals surface area contributed by atoms with Crippen molar-refractivity contribution < 1.29 is 19.1 Å². The lowest BCUT2D eigenvalue weighted by Gasteiger charge is -2.19. The maximum atomic E-state index is 12.1. The van der Waals surface area contributed by atoms with Crippen LogP contribution in [0.25, 0.3) is 0 Å². The van der Waals surface area contributed by atoms with Crippen LogP contribution in [0.2, 0.25) is 0 Å². The number of carbonyl (C=O) groups excluding carboxylic acids is 3. The Morgan fingerprint density at radius 2 is 1.89 bits per heavy atom. The Balaban J connectivity index is 1.77. The smallest absolute Gasteiger partial charge is 0.408 e. The number of hydrogen-bond acceptors (Lipinski definition) is 4. The molecule has 0 unspecified atom stereocenters. The van der Waals surface area contributed by atoms with E-state index >= 15 is 0 Å². The first-order valence-electron chi connectivity index (χ1n) is 9.44. The predicted octanol–water partition coefficient (Wildman–Crippen LogP) is 3.12. The van der Waals surface area contributed by atoms with Crippen molar-refractivity contribution in [2.45, 2.75) is 52.7 Å². The van der Waals surface area contributed by atoms with Gasteiger partial charge in [0.2, 0.25) is 11.8 Å². The molecule has 3 amide bonds. The van der Waals surface area contributed by atoms with E-state index in [0.29, 0.717) is 11.6 Å². The minimum atomic E-state index is -0.637. The monoisotopic (exact) mass is 387 g/mol. The van der Waals surface area contributed by atoms with Crippen molar-refractivity contribution in [3.8, 4) is 0 Å². The second-order valence-corrected chi connectivity index (χ2v) is 7.98. The van der Waals surface area contributed by atoms with Gasteiger partial charge >= 0.3 is 6.09 Å². The van der Waals surface area contributed by atoms with Gasteiger partial charge in [0.05, 0.1) is 0 Å². The van der Waals surface area contributed by atoms with E-state index in [-0.39, 0.29) is 24.9 Å². The number of ether oxygens (including phenoxy) is 1. The fourth-order valence-electron chi connectivity index (χ4n) is 2.53. The summed E-state index contributed by atoms with van der Waals surface area (Å²) in [5.74, 6) is 0.0806. The van der Waals surface area contributed by atoms with Gasteiger partial charge in [0.25, 0.3) is 0 Å². The molecule has 0 aromatic heterocycles. The van der Waals surface area contributed by atoms with Gasteiger partial charge in [-0.3, -0.25) is 9.59 Å². The zero-order valence-electron chi connectivity index (χ0n) is 16.9. The summed E-state index contributed by atoms with van der Waals surface area (Å²) in [4.78, 5) is 35.5. The third-order valence-corrected chi connectivity index (χ3v) is 4.06. The van der Waals surface area contributed by atoms with E-state index in [1.165, 1.54) is 0 Å². The van der Waals surface area contributed by atoms with Crippen LogP contribution in [0.1, 0.15) is 46.1 Å². The minimum Gasteiger partial charge on any atom is -0.444 e. The van der Waals surface area contributed by atoms with Crippen LogP contribution in [0.4, 0.5) is 10.5 Å². The minimum absolute atomic E-state index is 0.146. The van der Waals surface area contributed by atoms with Crippen LogP contribution in [0.5, 0.6) is 0 Å². The van der Waals surface area contributed by atoms with Crippen LogP contribution in [-0.4, -0.2) is 30.1 Å². The lowest BCUT2D eigenvalue weighted by atomic mass is 10.1. The molecule has 2 rings (SSSR count). The van der Waals surface area contributed by atoms with Crippen molar-refractivity contribution in [1.82, 2.24) is 10.6 Å². The predicted molar refractivity (Wildman–Crippen MR) is 108 cm³/mol. The summed E-state index contributed by atoms with van der Waals surface area (Å²) in [5, 5.41) is 7.97. The molecule has 1 aliphatic carbocycles. The molecule has 0 heterocycles. The highest BCUT2D eigenvalue weighted by atomic mass is 16.6. The fourth-order valence-corrected chi connectivity index (χ4v) is 2.53. The number of benzene rings is 1. The number of alkyl carbamates (subject to hydrolysis) is 1. The van der Waals surface area contributed by atoms with Crippen LogP contribution in [0.3, 0.4) is 0 Å². The highest BCUT2D eigenvalue weighted by Crippen LogP contribution is 2.35. The van der Waals surface area contributed by atoms with E-state index < -0.39 is 11.7 Å². The molecule has 7 nitrogen and oxygen atoms in total. The molecule has 1 aromatic carbocycles. The van der Waals surface area contributed by atoms with Crippen molar-refractivity contribution in [3.05, 3.63) is 41.5 Å². The number of nitrogens with one attached hydrogen (secondary N) is 3. The zero-order valence-corrected chi connectivity index (χ0v) is 16.9. The van der Waals surface area contributed by atoms with Gasteiger partial charge in [-0.2, -0.15) is 0 Å². The highest BCUT2D eigenvalue weighted by Gasteiger charge is 2.23. The second kappa shape index (κ2) is 9.39. The van der Waals surface area contributed by atoms with Crippen molar-refractivity contribution >= 4 is 23.6 Å². The molecule has 1 fully saturated rings. The van der Waals surface area contributed by atoms with Crippen molar-refractivity contribution in [1.29, 1.82) is 0 Å². The van der Waals surface area contributed by atoms with E-state index in [1.807, 2.05) is 19.1 Å². The molecule has 3 N–H and O–H groups in total. The SMILES string of the molecule is C/C(=C\C(=O)Nc1cccc(CNC(=O)CNC(=O)OC(C)(C)C)c1)C1CC1. The summed E-state index contributed by atoms with van der Waals surface area (Å²) in [6, 6.07) is 7.27. The van der Waals surface area contributed by atoms with Crippen LogP contribution in [0, 0.1) is 5.92 Å². The first kappa shape index (κ1) is 21.5. The largest absolute Gasteiger partial charge is 0.444 e.